The summed E-state index contributed by atoms with van der Waals surface area (Å²) in [6, 6.07) is 62.7. The van der Waals surface area contributed by atoms with Crippen molar-refractivity contribution in [1.82, 2.24) is 0 Å². The standard InChI is InChI=1S/C54H34/c1-5-15-33(16-6-1)39-25-26-40(34-17-7-2-8-18-34)50-42-28-30-44-52-43(29-27-41(49(39)50)51(42)52)53-47(35-19-9-3-10-20-35)45-31-37-23-13-14-24-38(37)32-46(45)48(54(44)53)36-21-11-4-12-22-36/h1-32,51-52H. The summed E-state index contributed by atoms with van der Waals surface area (Å²) >= 11 is 0. The zero-order valence-electron chi connectivity index (χ0n) is 29.6. The van der Waals surface area contributed by atoms with E-state index >= 15 is 0 Å². The molecule has 0 radical (unpaired) electrons. The molecule has 0 fully saturated rings. The molecule has 0 nitrogen and oxygen atoms in total. The fourth-order valence-electron chi connectivity index (χ4n) is 10.3. The zero-order chi connectivity index (χ0) is 35.3. The van der Waals surface area contributed by atoms with Gasteiger partial charge in [0.2, 0.25) is 0 Å². The van der Waals surface area contributed by atoms with Gasteiger partial charge < -0.3 is 0 Å². The summed E-state index contributed by atoms with van der Waals surface area (Å²) in [4.78, 5) is 0. The van der Waals surface area contributed by atoms with Crippen LogP contribution in [-0.4, -0.2) is 0 Å². The molecule has 0 saturated carbocycles. The van der Waals surface area contributed by atoms with Gasteiger partial charge in [0.05, 0.1) is 0 Å². The van der Waals surface area contributed by atoms with Gasteiger partial charge in [0.25, 0.3) is 0 Å². The van der Waals surface area contributed by atoms with Crippen LogP contribution >= 0.6 is 0 Å². The monoisotopic (exact) mass is 682 g/mol. The van der Waals surface area contributed by atoms with Crippen LogP contribution in [0.25, 0.3) is 88.3 Å². The number of allylic oxidation sites excluding steroid dienone is 8. The molecule has 8 aromatic rings. The summed E-state index contributed by atoms with van der Waals surface area (Å²) in [5.41, 5.74) is 21.7. The highest BCUT2D eigenvalue weighted by Gasteiger charge is 2.50. The summed E-state index contributed by atoms with van der Waals surface area (Å²) < 4.78 is 0. The first-order valence-electron chi connectivity index (χ1n) is 19.1. The summed E-state index contributed by atoms with van der Waals surface area (Å²) in [6.07, 6.45) is 9.95. The molecule has 0 N–H and O–H groups in total. The fraction of sp³-hybridized carbons (Fsp3) is 0.0370. The maximum atomic E-state index is 2.49. The molecule has 250 valence electrons. The zero-order valence-corrected chi connectivity index (χ0v) is 29.6. The molecule has 0 saturated heterocycles. The van der Waals surface area contributed by atoms with Gasteiger partial charge in [0.15, 0.2) is 0 Å². The largest absolute Gasteiger partial charge is 0.0622 e. The van der Waals surface area contributed by atoms with E-state index in [2.05, 4.69) is 194 Å². The number of hydrogen-bond donors (Lipinski definition) is 0. The van der Waals surface area contributed by atoms with Crippen molar-refractivity contribution in [2.24, 2.45) is 11.8 Å². The predicted molar refractivity (Wildman–Crippen MR) is 229 cm³/mol. The molecule has 8 aromatic carbocycles. The Morgan fingerprint density at radius 3 is 0.944 bits per heavy atom. The highest BCUT2D eigenvalue weighted by Crippen LogP contribution is 2.67. The third kappa shape index (κ3) is 4.08. The lowest BCUT2D eigenvalue weighted by molar-refractivity contribution is 0.759. The average molecular weight is 683 g/mol. The Morgan fingerprint density at radius 1 is 0.259 bits per heavy atom. The van der Waals surface area contributed by atoms with Crippen LogP contribution in [0.3, 0.4) is 0 Å². The number of fused-ring (bicyclic) bond motifs is 8. The molecule has 0 amide bonds. The lowest BCUT2D eigenvalue weighted by Gasteiger charge is -2.31. The summed E-state index contributed by atoms with van der Waals surface area (Å²) in [5.74, 6) is 0.449. The molecule has 4 aliphatic carbocycles. The quantitative estimate of drug-likeness (QED) is 0.162. The molecular formula is C54H34. The Hall–Kier alpha value is -6.76. The van der Waals surface area contributed by atoms with E-state index in [1.165, 1.54) is 111 Å². The van der Waals surface area contributed by atoms with Crippen molar-refractivity contribution < 1.29 is 0 Å². The highest BCUT2D eigenvalue weighted by atomic mass is 14.5. The molecule has 0 atom stereocenters. The minimum absolute atomic E-state index is 0.218. The van der Waals surface area contributed by atoms with E-state index in [1.54, 1.807) is 0 Å². The van der Waals surface area contributed by atoms with E-state index < -0.39 is 0 Å². The molecule has 4 aliphatic rings. The van der Waals surface area contributed by atoms with Crippen LogP contribution in [0.2, 0.25) is 0 Å². The van der Waals surface area contributed by atoms with E-state index in [-0.39, 0.29) is 11.8 Å². The van der Waals surface area contributed by atoms with Crippen LogP contribution in [0.15, 0.2) is 194 Å². The molecule has 0 spiro atoms. The van der Waals surface area contributed by atoms with Gasteiger partial charge in [-0.1, -0.05) is 182 Å². The summed E-state index contributed by atoms with van der Waals surface area (Å²) in [5, 5.41) is 5.17. The third-order valence-electron chi connectivity index (χ3n) is 12.4. The molecule has 0 aromatic heterocycles. The van der Waals surface area contributed by atoms with Crippen LogP contribution in [0.5, 0.6) is 0 Å². The van der Waals surface area contributed by atoms with Crippen molar-refractivity contribution in [3.05, 3.63) is 216 Å². The van der Waals surface area contributed by atoms with Gasteiger partial charge in [-0.25, -0.2) is 0 Å². The van der Waals surface area contributed by atoms with Gasteiger partial charge in [0.1, 0.15) is 0 Å². The smallest absolute Gasteiger partial charge is 0.0212 e. The number of benzene rings is 8. The third-order valence-corrected chi connectivity index (χ3v) is 12.4. The van der Waals surface area contributed by atoms with Crippen molar-refractivity contribution in [3.63, 3.8) is 0 Å². The van der Waals surface area contributed by atoms with Crippen LogP contribution in [-0.2, 0) is 0 Å². The maximum absolute atomic E-state index is 2.49. The Bertz CT molecular complexity index is 2790. The second kappa shape index (κ2) is 11.4. The summed E-state index contributed by atoms with van der Waals surface area (Å²) in [7, 11) is 0. The SMILES string of the molecule is C1=C2c3c(-c4ccccc4)ccc(-c4ccccc4)c3C3=CC=C4c5c(c(-c6ccccc6)c6cc7ccccc7cc6c5-c5ccccc5)C(=C1)C4C23. The lowest BCUT2D eigenvalue weighted by atomic mass is 9.71. The second-order valence-electron chi connectivity index (χ2n) is 15.1. The summed E-state index contributed by atoms with van der Waals surface area (Å²) in [6.45, 7) is 0. The Labute approximate surface area is 315 Å². The molecule has 54 heavy (non-hydrogen) atoms. The number of hydrogen-bond acceptors (Lipinski definition) is 0. The Morgan fingerprint density at radius 2 is 0.574 bits per heavy atom. The Kier molecular flexibility index (Phi) is 6.27. The van der Waals surface area contributed by atoms with Crippen molar-refractivity contribution in [2.75, 3.05) is 0 Å². The minimum atomic E-state index is 0.218. The molecule has 0 unspecified atom stereocenters. The maximum Gasteiger partial charge on any atom is 0.0212 e. The average Bonchev–Trinajstić information content (AvgIpc) is 3.76. The van der Waals surface area contributed by atoms with E-state index in [9.17, 15) is 0 Å². The van der Waals surface area contributed by atoms with Gasteiger partial charge in [0, 0.05) is 11.8 Å². The topological polar surface area (TPSA) is 0 Å². The van der Waals surface area contributed by atoms with Crippen LogP contribution in [0.4, 0.5) is 0 Å². The van der Waals surface area contributed by atoms with Crippen molar-refractivity contribution in [2.45, 2.75) is 0 Å². The fourth-order valence-corrected chi connectivity index (χ4v) is 10.3. The van der Waals surface area contributed by atoms with E-state index in [0.29, 0.717) is 0 Å². The lowest BCUT2D eigenvalue weighted by Crippen LogP contribution is -2.18. The van der Waals surface area contributed by atoms with Crippen LogP contribution in [0, 0.1) is 11.8 Å². The second-order valence-corrected chi connectivity index (χ2v) is 15.1. The van der Waals surface area contributed by atoms with Crippen molar-refractivity contribution in [1.29, 1.82) is 0 Å². The normalized spacial score (nSPS) is 17.3. The molecule has 0 heteroatoms. The highest BCUT2D eigenvalue weighted by molar-refractivity contribution is 6.23. The minimum Gasteiger partial charge on any atom is -0.0622 e. The van der Waals surface area contributed by atoms with Gasteiger partial charge in [-0.2, -0.15) is 0 Å². The van der Waals surface area contributed by atoms with Crippen LogP contribution in [0.1, 0.15) is 22.3 Å². The molecule has 0 bridgehead atoms. The van der Waals surface area contributed by atoms with Gasteiger partial charge >= 0.3 is 0 Å². The first kappa shape index (κ1) is 29.8. The van der Waals surface area contributed by atoms with E-state index in [1.807, 2.05) is 0 Å². The predicted octanol–water partition coefficient (Wildman–Crippen LogP) is 14.2. The molecule has 0 heterocycles. The molecule has 0 aliphatic heterocycles. The van der Waals surface area contributed by atoms with Crippen molar-refractivity contribution >= 4 is 43.8 Å². The van der Waals surface area contributed by atoms with Crippen molar-refractivity contribution in [3.8, 4) is 44.5 Å². The molecular weight excluding hydrogens is 649 g/mol. The first-order valence-corrected chi connectivity index (χ1v) is 19.1. The van der Waals surface area contributed by atoms with E-state index in [4.69, 9.17) is 0 Å². The Balaban J connectivity index is 1.21. The van der Waals surface area contributed by atoms with E-state index in [0.717, 1.165) is 0 Å². The van der Waals surface area contributed by atoms with Gasteiger partial charge in [-0.15, -0.1) is 0 Å². The van der Waals surface area contributed by atoms with Gasteiger partial charge in [-0.3, -0.25) is 0 Å². The first-order chi connectivity index (χ1) is 26.8. The number of rotatable bonds is 4. The molecule has 12 rings (SSSR count). The van der Waals surface area contributed by atoms with Crippen LogP contribution < -0.4 is 0 Å². The van der Waals surface area contributed by atoms with Gasteiger partial charge in [-0.05, 0) is 123 Å².